The van der Waals surface area contributed by atoms with Crippen LogP contribution in [-0.4, -0.2) is 15.0 Å². The molecule has 0 aliphatic carbocycles. The summed E-state index contributed by atoms with van der Waals surface area (Å²) in [5, 5.41) is 5.12. The molecule has 51 heavy (non-hydrogen) atoms. The van der Waals surface area contributed by atoms with Crippen LogP contribution in [-0.2, 0) is 0 Å². The van der Waals surface area contributed by atoms with Crippen LogP contribution in [0.25, 0.3) is 99.9 Å². The number of aromatic nitrogens is 3. The minimum absolute atomic E-state index is 0.0724. The summed E-state index contributed by atoms with van der Waals surface area (Å²) < 4.78 is 92.5. The number of benzene rings is 8. The average molecular weight is 662 g/mol. The molecule has 0 N–H and O–H groups in total. The first-order valence-corrected chi connectivity index (χ1v) is 16.3. The van der Waals surface area contributed by atoms with Gasteiger partial charge in [0.2, 0.25) is 0 Å². The number of nitrogens with zero attached hydrogens (tertiary/aromatic N) is 3. The lowest BCUT2D eigenvalue weighted by Crippen LogP contribution is -2.00. The van der Waals surface area contributed by atoms with Gasteiger partial charge in [-0.2, -0.15) is 0 Å². The molecule has 10 aromatic rings. The van der Waals surface area contributed by atoms with Crippen molar-refractivity contribution < 1.29 is 18.1 Å². The van der Waals surface area contributed by atoms with Crippen molar-refractivity contribution in [1.29, 1.82) is 0 Å². The molecule has 0 bridgehead atoms. The van der Waals surface area contributed by atoms with E-state index in [4.69, 9.17) is 33.1 Å². The maximum atomic E-state index is 8.92. The zero-order valence-corrected chi connectivity index (χ0v) is 26.7. The first-order chi connectivity index (χ1) is 29.4. The maximum Gasteiger partial charge on any atom is 0.164 e. The topological polar surface area (TPSA) is 51.8 Å². The summed E-state index contributed by atoms with van der Waals surface area (Å²) in [7, 11) is 0. The molecule has 10 rings (SSSR count). The van der Waals surface area contributed by atoms with Crippen LogP contribution < -0.4 is 0 Å². The smallest absolute Gasteiger partial charge is 0.164 e. The highest BCUT2D eigenvalue weighted by molar-refractivity contribution is 6.16. The van der Waals surface area contributed by atoms with E-state index in [0.29, 0.717) is 33.6 Å². The molecular weight excluding hydrogens is 623 g/mol. The van der Waals surface area contributed by atoms with Crippen LogP contribution >= 0.6 is 0 Å². The first kappa shape index (κ1) is 20.6. The van der Waals surface area contributed by atoms with E-state index >= 15 is 0 Å². The summed E-state index contributed by atoms with van der Waals surface area (Å²) in [6.45, 7) is 0. The summed E-state index contributed by atoms with van der Waals surface area (Å²) in [5.74, 6) is 1.10. The lowest BCUT2D eigenvalue weighted by atomic mass is 9.95. The van der Waals surface area contributed by atoms with E-state index in [1.54, 1.807) is 18.2 Å². The minimum Gasteiger partial charge on any atom is -0.455 e. The summed E-state index contributed by atoms with van der Waals surface area (Å²) >= 11 is 0. The third-order valence-corrected chi connectivity index (χ3v) is 9.07. The second-order valence-corrected chi connectivity index (χ2v) is 12.1. The minimum atomic E-state index is -0.580. The van der Waals surface area contributed by atoms with E-state index in [1.165, 1.54) is 6.07 Å². The van der Waals surface area contributed by atoms with Gasteiger partial charge < -0.3 is 4.42 Å². The van der Waals surface area contributed by atoms with Crippen LogP contribution in [0.2, 0.25) is 0 Å². The molecule has 0 amide bonds. The quantitative estimate of drug-likeness (QED) is 0.172. The van der Waals surface area contributed by atoms with Crippen molar-refractivity contribution in [2.24, 2.45) is 0 Å². The Kier molecular flexibility index (Phi) is 4.80. The van der Waals surface area contributed by atoms with E-state index in [-0.39, 0.29) is 33.7 Å². The summed E-state index contributed by atoms with van der Waals surface area (Å²) in [6, 6.07) is 31.0. The van der Waals surface area contributed by atoms with Crippen molar-refractivity contribution in [3.05, 3.63) is 176 Å². The van der Waals surface area contributed by atoms with Crippen LogP contribution in [0.4, 0.5) is 0 Å². The third kappa shape index (κ3) is 5.04. The molecule has 4 nitrogen and oxygen atoms in total. The predicted molar refractivity (Wildman–Crippen MR) is 209 cm³/mol. The van der Waals surface area contributed by atoms with Crippen molar-refractivity contribution in [2.75, 3.05) is 0 Å². The summed E-state index contributed by atoms with van der Waals surface area (Å²) in [5.41, 5.74) is 2.41. The maximum absolute atomic E-state index is 8.92. The molecule has 0 saturated heterocycles. The first-order valence-electron chi connectivity index (χ1n) is 21.3. The monoisotopic (exact) mass is 661 g/mol. The predicted octanol–water partition coefficient (Wildman–Crippen LogP) is 12.4. The van der Waals surface area contributed by atoms with Crippen LogP contribution in [0, 0.1) is 0 Å². The van der Waals surface area contributed by atoms with Gasteiger partial charge in [0.15, 0.2) is 17.5 Å². The molecule has 0 atom stereocenters. The van der Waals surface area contributed by atoms with Gasteiger partial charge in [-0.3, -0.25) is 0 Å². The average Bonchev–Trinajstić information content (AvgIpc) is 3.68. The Morgan fingerprint density at radius 3 is 1.86 bits per heavy atom. The fraction of sp³-hybridized carbons (Fsp3) is 0. The molecule has 0 aliphatic rings. The lowest BCUT2D eigenvalue weighted by Gasteiger charge is -2.11. The van der Waals surface area contributed by atoms with Crippen LogP contribution in [0.15, 0.2) is 180 Å². The molecule has 0 spiro atoms. The fourth-order valence-electron chi connectivity index (χ4n) is 6.71. The van der Waals surface area contributed by atoms with Gasteiger partial charge in [0.1, 0.15) is 11.2 Å². The van der Waals surface area contributed by atoms with Crippen LogP contribution in [0.1, 0.15) is 13.7 Å². The van der Waals surface area contributed by atoms with Gasteiger partial charge in [-0.1, -0.05) is 151 Å². The second-order valence-electron chi connectivity index (χ2n) is 12.1. The Hall–Kier alpha value is -6.91. The molecule has 238 valence electrons. The van der Waals surface area contributed by atoms with Gasteiger partial charge >= 0.3 is 0 Å². The highest BCUT2D eigenvalue weighted by Gasteiger charge is 2.21. The SMILES string of the molecule is [2H]c1c([2H])c([2H])c(-c2cc(-c3c([2H])c([2H])c([2H])c([2H])c3[2H])c3oc4cccc(-c5nc(-c6ccccc6)nc(-c6ccc7ccc8ccccc8c7c6)n5)c4c3c2)c([2H])c1[2H]. The fourth-order valence-corrected chi connectivity index (χ4v) is 6.71. The molecule has 8 aromatic carbocycles. The molecular formula is C47H29N3O. The Balaban J connectivity index is 1.30. The number of hydrogen-bond donors (Lipinski definition) is 0. The molecule has 0 unspecified atom stereocenters. The normalized spacial score (nSPS) is 14.3. The van der Waals surface area contributed by atoms with Crippen molar-refractivity contribution in [1.82, 2.24) is 15.0 Å². The molecule has 0 radical (unpaired) electrons. The van der Waals surface area contributed by atoms with E-state index in [2.05, 4.69) is 30.3 Å². The second kappa shape index (κ2) is 11.9. The van der Waals surface area contributed by atoms with Gasteiger partial charge in [-0.25, -0.2) is 15.0 Å². The number of furan rings is 1. The largest absolute Gasteiger partial charge is 0.455 e. The Labute approximate surface area is 308 Å². The highest BCUT2D eigenvalue weighted by atomic mass is 16.3. The van der Waals surface area contributed by atoms with Gasteiger partial charge in [-0.05, 0) is 62.5 Å². The van der Waals surface area contributed by atoms with E-state index < -0.39 is 60.4 Å². The third-order valence-electron chi connectivity index (χ3n) is 9.07. The van der Waals surface area contributed by atoms with Crippen molar-refractivity contribution >= 4 is 43.5 Å². The lowest BCUT2D eigenvalue weighted by molar-refractivity contribution is 0.670. The zero-order chi connectivity index (χ0) is 42.4. The standard InChI is InChI=1S/C47H29N3O/c1-4-13-30(14-5-1)36-28-40(31-15-6-2-7-16-31)44-41(29-36)43-38(21-12-22-42(43)51-44)47-49-45(34-18-8-3-9-19-34)48-46(50-47)35-26-25-33-24-23-32-17-10-11-20-37(32)39(33)27-35/h1-29H/i1D,2D,4D,5D,6D,7D,13D,14D,15D,16D. The zero-order valence-electron chi connectivity index (χ0n) is 36.7. The molecule has 0 saturated carbocycles. The number of hydrogen-bond acceptors (Lipinski definition) is 4. The number of rotatable bonds is 5. The molecule has 4 heteroatoms. The van der Waals surface area contributed by atoms with E-state index in [1.807, 2.05) is 60.7 Å². The molecule has 2 heterocycles. The van der Waals surface area contributed by atoms with Gasteiger partial charge in [0.25, 0.3) is 0 Å². The number of fused-ring (bicyclic) bond motifs is 6. The highest BCUT2D eigenvalue weighted by Crippen LogP contribution is 2.43. The van der Waals surface area contributed by atoms with E-state index in [9.17, 15) is 0 Å². The van der Waals surface area contributed by atoms with Gasteiger partial charge in [-0.15, -0.1) is 0 Å². The van der Waals surface area contributed by atoms with Crippen molar-refractivity contribution in [3.63, 3.8) is 0 Å². The Morgan fingerprint density at radius 1 is 0.412 bits per heavy atom. The van der Waals surface area contributed by atoms with Gasteiger partial charge in [0.05, 0.1) is 13.7 Å². The van der Waals surface area contributed by atoms with Crippen molar-refractivity contribution in [2.45, 2.75) is 0 Å². The van der Waals surface area contributed by atoms with Crippen LogP contribution in [0.5, 0.6) is 0 Å². The van der Waals surface area contributed by atoms with Crippen molar-refractivity contribution in [3.8, 4) is 56.4 Å². The summed E-state index contributed by atoms with van der Waals surface area (Å²) in [4.78, 5) is 15.1. The van der Waals surface area contributed by atoms with E-state index in [0.717, 1.165) is 32.7 Å². The Bertz CT molecular complexity index is 3440. The Morgan fingerprint density at radius 2 is 1.06 bits per heavy atom. The van der Waals surface area contributed by atoms with Crippen LogP contribution in [0.3, 0.4) is 0 Å². The molecule has 0 fully saturated rings. The molecule has 0 aliphatic heterocycles. The summed E-state index contributed by atoms with van der Waals surface area (Å²) in [6.07, 6.45) is 0. The molecule has 2 aromatic heterocycles. The van der Waals surface area contributed by atoms with Gasteiger partial charge in [0, 0.05) is 33.0 Å².